The van der Waals surface area contributed by atoms with Crippen LogP contribution in [0.4, 0.5) is 8.78 Å². The molecule has 2 rings (SSSR count). The van der Waals surface area contributed by atoms with E-state index in [9.17, 15) is 23.2 Å². The van der Waals surface area contributed by atoms with Crippen molar-refractivity contribution in [2.75, 3.05) is 0 Å². The molecule has 1 aromatic carbocycles. The van der Waals surface area contributed by atoms with Gasteiger partial charge >= 0.3 is 5.97 Å². The van der Waals surface area contributed by atoms with Crippen molar-refractivity contribution in [1.29, 1.82) is 0 Å². The summed E-state index contributed by atoms with van der Waals surface area (Å²) >= 11 is 0. The van der Waals surface area contributed by atoms with Gasteiger partial charge in [-0.3, -0.25) is 19.7 Å². The number of rotatable bonds is 3. The molecule has 0 aliphatic carbocycles. The van der Waals surface area contributed by atoms with Gasteiger partial charge in [-0.25, -0.2) is 8.78 Å². The summed E-state index contributed by atoms with van der Waals surface area (Å²) in [6, 6.07) is 1.85. The molecule has 1 atom stereocenters. The first-order chi connectivity index (χ1) is 10.1. The number of carbonyl (C=O) groups excluding carboxylic acids is 2. The number of hydrogen-bond donors (Lipinski definition) is 2. The van der Waals surface area contributed by atoms with Gasteiger partial charge in [0.15, 0.2) is 0 Å². The lowest BCUT2D eigenvalue weighted by atomic mass is 9.82. The number of aliphatic carboxylic acids is 1. The number of hydrogen-bond acceptors (Lipinski definition) is 3. The van der Waals surface area contributed by atoms with Crippen LogP contribution in [0.15, 0.2) is 12.1 Å². The quantitative estimate of drug-likeness (QED) is 0.834. The maximum Gasteiger partial charge on any atom is 0.313 e. The molecule has 1 saturated heterocycles. The van der Waals surface area contributed by atoms with E-state index in [1.165, 1.54) is 13.8 Å². The van der Waals surface area contributed by atoms with Crippen LogP contribution in [-0.2, 0) is 19.8 Å². The summed E-state index contributed by atoms with van der Waals surface area (Å²) in [7, 11) is 0. The highest BCUT2D eigenvalue weighted by molar-refractivity contribution is 6.01. The van der Waals surface area contributed by atoms with Crippen LogP contribution in [0.3, 0.4) is 0 Å². The van der Waals surface area contributed by atoms with E-state index in [2.05, 4.69) is 0 Å². The molecule has 22 heavy (non-hydrogen) atoms. The van der Waals surface area contributed by atoms with E-state index in [-0.39, 0.29) is 18.4 Å². The van der Waals surface area contributed by atoms with E-state index in [1.54, 1.807) is 0 Å². The van der Waals surface area contributed by atoms with Gasteiger partial charge in [0.1, 0.15) is 11.6 Å². The first kappa shape index (κ1) is 16.1. The first-order valence-electron chi connectivity index (χ1n) is 6.71. The van der Waals surface area contributed by atoms with Crippen LogP contribution in [0.25, 0.3) is 0 Å². The number of amides is 2. The number of piperidine rings is 1. The lowest BCUT2D eigenvalue weighted by Crippen LogP contribution is -2.40. The van der Waals surface area contributed by atoms with Gasteiger partial charge in [-0.15, -0.1) is 0 Å². The molecule has 1 aromatic rings. The van der Waals surface area contributed by atoms with Crippen LogP contribution < -0.4 is 5.32 Å². The molecule has 0 radical (unpaired) electrons. The van der Waals surface area contributed by atoms with Crippen LogP contribution in [0.5, 0.6) is 0 Å². The summed E-state index contributed by atoms with van der Waals surface area (Å²) in [5.41, 5.74) is -1.94. The van der Waals surface area contributed by atoms with Crippen LogP contribution in [-0.4, -0.2) is 22.9 Å². The number of carboxylic acids is 1. The minimum Gasteiger partial charge on any atom is -0.481 e. The number of nitrogens with one attached hydrogen (secondary N) is 1. The number of halogens is 2. The van der Waals surface area contributed by atoms with Crippen molar-refractivity contribution in [2.24, 2.45) is 0 Å². The van der Waals surface area contributed by atoms with Crippen molar-refractivity contribution in [3.05, 3.63) is 34.9 Å². The molecule has 0 saturated carbocycles. The molecular weight excluding hydrogens is 296 g/mol. The number of imide groups is 1. The Morgan fingerprint density at radius 2 is 1.82 bits per heavy atom. The minimum absolute atomic E-state index is 0.00232. The maximum absolute atomic E-state index is 14.3. The van der Waals surface area contributed by atoms with Crippen molar-refractivity contribution >= 4 is 17.8 Å². The molecule has 2 N–H and O–H groups in total. The van der Waals surface area contributed by atoms with E-state index in [4.69, 9.17) is 5.11 Å². The zero-order chi connectivity index (χ0) is 16.7. The molecule has 1 aliphatic heterocycles. The van der Waals surface area contributed by atoms with Gasteiger partial charge in [0, 0.05) is 12.0 Å². The Kier molecular flexibility index (Phi) is 4.00. The second-order valence-corrected chi connectivity index (χ2v) is 5.79. The Balaban J connectivity index is 2.46. The maximum atomic E-state index is 14.3. The zero-order valence-electron chi connectivity index (χ0n) is 12.1. The molecule has 1 aliphatic rings. The molecule has 118 valence electrons. The van der Waals surface area contributed by atoms with Gasteiger partial charge in [0.05, 0.1) is 11.3 Å². The lowest BCUT2D eigenvalue weighted by molar-refractivity contribution is -0.142. The Bertz CT molecular complexity index is 647. The third kappa shape index (κ3) is 2.70. The summed E-state index contributed by atoms with van der Waals surface area (Å²) in [6.07, 6.45) is 0.0117. The van der Waals surface area contributed by atoms with Gasteiger partial charge in [-0.2, -0.15) is 0 Å². The summed E-state index contributed by atoms with van der Waals surface area (Å²) in [5, 5.41) is 11.2. The normalized spacial score (nSPS) is 19.0. The summed E-state index contributed by atoms with van der Waals surface area (Å²) in [5.74, 6) is -5.53. The Hall–Kier alpha value is -2.31. The van der Waals surface area contributed by atoms with E-state index in [1.807, 2.05) is 5.32 Å². The molecule has 2 amide bonds. The molecule has 5 nitrogen and oxygen atoms in total. The molecule has 0 unspecified atom stereocenters. The fourth-order valence-electron chi connectivity index (χ4n) is 2.37. The second kappa shape index (κ2) is 5.47. The molecule has 1 heterocycles. The standard InChI is InChI=1S/C15H15F2NO4/c1-15(2,14(21)22)7-5-9(16)12(10(17)6-7)8-3-4-11(19)18-13(8)20/h5-6,8H,3-4H2,1-2H3,(H,21,22)(H,18,19,20)/t8-/m1/s1. The highest BCUT2D eigenvalue weighted by atomic mass is 19.1. The van der Waals surface area contributed by atoms with E-state index in [0.717, 1.165) is 12.1 Å². The van der Waals surface area contributed by atoms with Crippen LogP contribution in [0.1, 0.15) is 43.7 Å². The Morgan fingerprint density at radius 3 is 2.27 bits per heavy atom. The van der Waals surface area contributed by atoms with Crippen LogP contribution >= 0.6 is 0 Å². The third-order valence-corrected chi connectivity index (χ3v) is 3.92. The lowest BCUT2D eigenvalue weighted by Gasteiger charge is -2.24. The van der Waals surface area contributed by atoms with E-state index in [0.29, 0.717) is 0 Å². The smallest absolute Gasteiger partial charge is 0.313 e. The molecule has 0 aromatic heterocycles. The summed E-state index contributed by atoms with van der Waals surface area (Å²) < 4.78 is 28.5. The van der Waals surface area contributed by atoms with Crippen LogP contribution in [0, 0.1) is 11.6 Å². The molecule has 0 bridgehead atoms. The van der Waals surface area contributed by atoms with Gasteiger partial charge in [-0.05, 0) is 38.0 Å². The topological polar surface area (TPSA) is 83.5 Å². The Labute approximate surface area is 125 Å². The average molecular weight is 311 g/mol. The van der Waals surface area contributed by atoms with Crippen molar-refractivity contribution < 1.29 is 28.3 Å². The van der Waals surface area contributed by atoms with Gasteiger partial charge in [0.25, 0.3) is 0 Å². The molecule has 7 heteroatoms. The third-order valence-electron chi connectivity index (χ3n) is 3.92. The fraction of sp³-hybridized carbons (Fsp3) is 0.400. The predicted octanol–water partition coefficient (Wildman–Crippen LogP) is 1.85. The summed E-state index contributed by atoms with van der Waals surface area (Å²) in [4.78, 5) is 34.0. The van der Waals surface area contributed by atoms with E-state index < -0.39 is 46.3 Å². The zero-order valence-corrected chi connectivity index (χ0v) is 12.1. The first-order valence-corrected chi connectivity index (χ1v) is 6.71. The van der Waals surface area contributed by atoms with Gasteiger partial charge in [-0.1, -0.05) is 0 Å². The number of carbonyl (C=O) groups is 3. The van der Waals surface area contributed by atoms with Crippen molar-refractivity contribution in [3.8, 4) is 0 Å². The van der Waals surface area contributed by atoms with Crippen molar-refractivity contribution in [2.45, 2.75) is 38.0 Å². The highest BCUT2D eigenvalue weighted by Crippen LogP contribution is 2.33. The SMILES string of the molecule is CC(C)(C(=O)O)c1cc(F)c([C@H]2CCC(=O)NC2=O)c(F)c1. The predicted molar refractivity (Wildman–Crippen MR) is 72.1 cm³/mol. The Morgan fingerprint density at radius 1 is 1.27 bits per heavy atom. The van der Waals surface area contributed by atoms with Gasteiger partial charge in [0.2, 0.25) is 11.8 Å². The second-order valence-electron chi connectivity index (χ2n) is 5.79. The average Bonchev–Trinajstić information content (AvgIpc) is 2.39. The minimum atomic E-state index is -1.47. The van der Waals surface area contributed by atoms with Crippen molar-refractivity contribution in [1.82, 2.24) is 5.32 Å². The molecular formula is C15H15F2NO4. The monoisotopic (exact) mass is 311 g/mol. The number of benzene rings is 1. The largest absolute Gasteiger partial charge is 0.481 e. The molecule has 0 spiro atoms. The fourth-order valence-corrected chi connectivity index (χ4v) is 2.37. The summed E-state index contributed by atoms with van der Waals surface area (Å²) in [6.45, 7) is 2.66. The highest BCUT2D eigenvalue weighted by Gasteiger charge is 2.35. The van der Waals surface area contributed by atoms with Crippen molar-refractivity contribution in [3.63, 3.8) is 0 Å². The van der Waals surface area contributed by atoms with E-state index >= 15 is 0 Å². The number of carboxylic acid groups (broad SMARTS) is 1. The molecule has 1 fully saturated rings. The van der Waals surface area contributed by atoms with Crippen LogP contribution in [0.2, 0.25) is 0 Å². The van der Waals surface area contributed by atoms with Gasteiger partial charge < -0.3 is 5.11 Å².